The van der Waals surface area contributed by atoms with Crippen molar-refractivity contribution in [3.63, 3.8) is 0 Å². The van der Waals surface area contributed by atoms with Gasteiger partial charge in [0.05, 0.1) is 46.8 Å². The fraction of sp³-hybridized carbons (Fsp3) is 0.462. The van der Waals surface area contributed by atoms with Crippen molar-refractivity contribution in [1.29, 1.82) is 0 Å². The molecular weight excluding hydrogens is 517 g/mol. The average molecular weight is 546 g/mol. The Kier molecular flexibility index (Phi) is 7.18. The van der Waals surface area contributed by atoms with Gasteiger partial charge in [0.25, 0.3) is 0 Å². The minimum atomic E-state index is -0.783. The summed E-state index contributed by atoms with van der Waals surface area (Å²) in [6.07, 6.45) is 9.74. The first-order valence-electron chi connectivity index (χ1n) is 12.3. The van der Waals surface area contributed by atoms with Crippen LogP contribution in [0.2, 0.25) is 5.02 Å². The molecule has 1 aliphatic carbocycles. The molecule has 3 aliphatic rings. The molecule has 37 heavy (non-hydrogen) atoms. The van der Waals surface area contributed by atoms with Crippen molar-refractivity contribution in [2.24, 2.45) is 16.1 Å². The lowest BCUT2D eigenvalue weighted by Crippen LogP contribution is -2.34. The van der Waals surface area contributed by atoms with Gasteiger partial charge in [0.2, 0.25) is 0 Å². The Labute approximate surface area is 224 Å². The number of H-pyrrole nitrogens is 1. The van der Waals surface area contributed by atoms with Crippen molar-refractivity contribution < 1.29 is 19.1 Å². The minimum Gasteiger partial charge on any atom is -0.489 e. The lowest BCUT2D eigenvalue weighted by Gasteiger charge is -2.29. The molecule has 0 bridgehead atoms. The fourth-order valence-electron chi connectivity index (χ4n) is 4.83. The number of nitrogens with one attached hydrogen (secondary N) is 1. The zero-order valence-corrected chi connectivity index (χ0v) is 22.5. The zero-order chi connectivity index (χ0) is 26.2. The molecule has 0 saturated heterocycles. The molecule has 0 atom stereocenters. The SMILES string of the molecule is CC(C)(C)OC(=O)ON1CC=C(Cl)C=c2[nH]c3c(c21)CN=NC=3[C@H]1CC[C@H](Oc2cncc(Cl)c2)CC1. The molecule has 5 rings (SSSR count). The van der Waals surface area contributed by atoms with Crippen LogP contribution in [0, 0.1) is 5.92 Å². The maximum Gasteiger partial charge on any atom is 0.533 e. The maximum absolute atomic E-state index is 12.5. The number of azo groups is 1. The summed E-state index contributed by atoms with van der Waals surface area (Å²) in [4.78, 5) is 25.7. The second-order valence-corrected chi connectivity index (χ2v) is 11.2. The number of halogens is 2. The van der Waals surface area contributed by atoms with Gasteiger partial charge in [0.1, 0.15) is 17.0 Å². The summed E-state index contributed by atoms with van der Waals surface area (Å²) in [6.45, 7) is 6.01. The topological polar surface area (TPSA) is 101 Å². The van der Waals surface area contributed by atoms with E-state index in [2.05, 4.69) is 20.2 Å². The number of hydroxylamine groups is 1. The van der Waals surface area contributed by atoms with Crippen LogP contribution >= 0.6 is 23.2 Å². The third-order valence-electron chi connectivity index (χ3n) is 6.37. The van der Waals surface area contributed by atoms with Crippen molar-refractivity contribution in [3.05, 3.63) is 50.9 Å². The largest absolute Gasteiger partial charge is 0.533 e. The van der Waals surface area contributed by atoms with Gasteiger partial charge in [-0.15, -0.1) is 0 Å². The number of fused-ring (bicyclic) bond motifs is 3. The molecule has 2 aliphatic heterocycles. The lowest BCUT2D eigenvalue weighted by molar-refractivity contribution is -0.0116. The molecule has 0 unspecified atom stereocenters. The van der Waals surface area contributed by atoms with Gasteiger partial charge in [-0.2, -0.15) is 15.3 Å². The Hall–Kier alpha value is -3.04. The number of pyridine rings is 1. The Morgan fingerprint density at radius 1 is 1.16 bits per heavy atom. The van der Waals surface area contributed by atoms with E-state index in [9.17, 15) is 4.79 Å². The normalized spacial score (nSPS) is 21.3. The Morgan fingerprint density at radius 3 is 2.68 bits per heavy atom. The number of hydrogen-bond donors (Lipinski definition) is 1. The highest BCUT2D eigenvalue weighted by Crippen LogP contribution is 2.35. The van der Waals surface area contributed by atoms with Crippen molar-refractivity contribution in [2.75, 3.05) is 11.6 Å². The van der Waals surface area contributed by atoms with Gasteiger partial charge in [-0.1, -0.05) is 23.2 Å². The van der Waals surface area contributed by atoms with E-state index < -0.39 is 11.8 Å². The highest BCUT2D eigenvalue weighted by Gasteiger charge is 2.31. The Morgan fingerprint density at radius 2 is 1.95 bits per heavy atom. The number of allylic oxidation sites excluding steroid dienone is 1. The molecule has 2 aromatic rings. The van der Waals surface area contributed by atoms with Crippen LogP contribution in [-0.4, -0.2) is 34.4 Å². The standard InChI is InChI=1S/C26H29Cl2N5O4/c1-26(2,3)36-25(34)37-33-9-8-16(27)11-21-24(33)20-14-30-32-22(23(20)31-21)15-4-6-18(7-5-15)35-19-10-17(28)12-29-13-19/h8,10-13,15,18,31H,4-7,9,14H2,1-3H3/t15-,18-. The van der Waals surface area contributed by atoms with Gasteiger partial charge in [0, 0.05) is 28.8 Å². The Bertz CT molecular complexity index is 1370. The van der Waals surface area contributed by atoms with Gasteiger partial charge in [0.15, 0.2) is 0 Å². The summed E-state index contributed by atoms with van der Waals surface area (Å²) < 4.78 is 11.5. The summed E-state index contributed by atoms with van der Waals surface area (Å²) in [5, 5.41) is 13.2. The number of anilines is 1. The van der Waals surface area contributed by atoms with Crippen LogP contribution in [0.4, 0.5) is 10.5 Å². The lowest BCUT2D eigenvalue weighted by atomic mass is 9.84. The van der Waals surface area contributed by atoms with Crippen molar-refractivity contribution in [2.45, 2.75) is 64.7 Å². The second-order valence-electron chi connectivity index (χ2n) is 10.3. The first kappa shape index (κ1) is 25.6. The van der Waals surface area contributed by atoms with Crippen LogP contribution in [0.15, 0.2) is 39.8 Å². The molecule has 0 radical (unpaired) electrons. The number of carbonyl (C=O) groups is 1. The molecule has 1 saturated carbocycles. The van der Waals surface area contributed by atoms with Crippen molar-refractivity contribution in [3.8, 4) is 5.75 Å². The number of aromatic amines is 1. The van der Waals surface area contributed by atoms with Gasteiger partial charge < -0.3 is 19.3 Å². The van der Waals surface area contributed by atoms with E-state index in [0.717, 1.165) is 53.3 Å². The van der Waals surface area contributed by atoms with E-state index in [1.807, 2.05) is 6.08 Å². The first-order chi connectivity index (χ1) is 17.7. The van der Waals surface area contributed by atoms with E-state index in [1.165, 1.54) is 5.06 Å². The summed E-state index contributed by atoms with van der Waals surface area (Å²) in [7, 11) is 0. The Balaban J connectivity index is 1.40. The number of carbonyl (C=O) groups excluding carboxylic acids is 1. The molecule has 0 spiro atoms. The van der Waals surface area contributed by atoms with Crippen molar-refractivity contribution in [1.82, 2.24) is 9.97 Å². The zero-order valence-electron chi connectivity index (χ0n) is 21.0. The summed E-state index contributed by atoms with van der Waals surface area (Å²) in [5.74, 6) is 0.899. The van der Waals surface area contributed by atoms with Crippen LogP contribution in [0.25, 0.3) is 11.8 Å². The smallest absolute Gasteiger partial charge is 0.489 e. The van der Waals surface area contributed by atoms with E-state index >= 15 is 0 Å². The average Bonchev–Trinajstić information content (AvgIpc) is 3.11. The third kappa shape index (κ3) is 5.93. The summed E-state index contributed by atoms with van der Waals surface area (Å²) in [6, 6.07) is 1.78. The quantitative estimate of drug-likeness (QED) is 0.518. The third-order valence-corrected chi connectivity index (χ3v) is 6.84. The number of hydrogen-bond acceptors (Lipinski definition) is 8. The summed E-state index contributed by atoms with van der Waals surface area (Å²) in [5.41, 5.74) is 1.87. The highest BCUT2D eigenvalue weighted by molar-refractivity contribution is 6.34. The van der Waals surface area contributed by atoms with Gasteiger partial charge in [-0.05, 0) is 58.6 Å². The van der Waals surface area contributed by atoms with E-state index in [1.54, 1.807) is 45.3 Å². The van der Waals surface area contributed by atoms with Crippen LogP contribution < -0.4 is 20.5 Å². The predicted octanol–water partition coefficient (Wildman–Crippen LogP) is 5.36. The second kappa shape index (κ2) is 10.4. The van der Waals surface area contributed by atoms with Crippen molar-refractivity contribution >= 4 is 46.8 Å². The number of aromatic nitrogens is 2. The number of ether oxygens (including phenoxy) is 2. The van der Waals surface area contributed by atoms with Crippen LogP contribution in [0.1, 0.15) is 52.0 Å². The van der Waals surface area contributed by atoms with Crippen LogP contribution in [-0.2, 0) is 16.1 Å². The molecule has 1 fully saturated rings. The minimum absolute atomic E-state index is 0.0903. The molecule has 0 aromatic carbocycles. The van der Waals surface area contributed by atoms with Crippen LogP contribution in [0.3, 0.4) is 0 Å². The highest BCUT2D eigenvalue weighted by atomic mass is 35.5. The molecule has 1 N–H and O–H groups in total. The molecule has 0 amide bonds. The fourth-order valence-corrected chi connectivity index (χ4v) is 5.18. The van der Waals surface area contributed by atoms with E-state index in [4.69, 9.17) is 37.5 Å². The molecule has 4 heterocycles. The predicted molar refractivity (Wildman–Crippen MR) is 141 cm³/mol. The monoisotopic (exact) mass is 545 g/mol. The van der Waals surface area contributed by atoms with Crippen LogP contribution in [0.5, 0.6) is 5.75 Å². The molecule has 11 heteroatoms. The molecular formula is C26H29Cl2N5O4. The van der Waals surface area contributed by atoms with E-state index in [-0.39, 0.29) is 18.6 Å². The first-order valence-corrected chi connectivity index (χ1v) is 13.1. The molecule has 9 nitrogen and oxygen atoms in total. The van der Waals surface area contributed by atoms with Gasteiger partial charge >= 0.3 is 6.16 Å². The molecule has 196 valence electrons. The summed E-state index contributed by atoms with van der Waals surface area (Å²) >= 11 is 12.4. The molecule has 2 aromatic heterocycles. The number of nitrogens with zero attached hydrogens (tertiary/aromatic N) is 4. The maximum atomic E-state index is 12.5. The number of rotatable bonds is 4. The van der Waals surface area contributed by atoms with Gasteiger partial charge in [-0.25, -0.2) is 4.79 Å². The van der Waals surface area contributed by atoms with E-state index in [0.29, 0.717) is 22.3 Å². The van der Waals surface area contributed by atoms with Gasteiger partial charge in [-0.3, -0.25) is 4.98 Å².